The molecule has 0 aliphatic heterocycles. The van der Waals surface area contributed by atoms with Crippen LogP contribution >= 0.6 is 0 Å². The number of carbonyl (C=O) groups excluding carboxylic acids is 1. The normalized spacial score (nSPS) is 10.7. The highest BCUT2D eigenvalue weighted by molar-refractivity contribution is 5.89. The Hall–Kier alpha value is -1.39. The molecular weight excluding hydrogens is 238 g/mol. The molecule has 2 N–H and O–H groups in total. The maximum Gasteiger partial charge on any atom is 0.221 e. The zero-order chi connectivity index (χ0) is 14.1. The Labute approximate surface area is 116 Å². The lowest BCUT2D eigenvalue weighted by atomic mass is 10.1. The third kappa shape index (κ3) is 5.85. The molecular formula is C15H25N3O. The van der Waals surface area contributed by atoms with Gasteiger partial charge in [-0.1, -0.05) is 32.0 Å². The fraction of sp³-hybridized carbons (Fsp3) is 0.533. The van der Waals surface area contributed by atoms with Gasteiger partial charge >= 0.3 is 0 Å². The largest absolute Gasteiger partial charge is 0.326 e. The van der Waals surface area contributed by atoms with Crippen molar-refractivity contribution in [1.29, 1.82) is 0 Å². The number of hydrogen-bond acceptors (Lipinski definition) is 3. The summed E-state index contributed by atoms with van der Waals surface area (Å²) in [7, 11) is 0. The summed E-state index contributed by atoms with van der Waals surface area (Å²) in [6.07, 6.45) is 0. The van der Waals surface area contributed by atoms with E-state index in [0.29, 0.717) is 0 Å². The van der Waals surface area contributed by atoms with Crippen molar-refractivity contribution in [2.45, 2.75) is 27.3 Å². The van der Waals surface area contributed by atoms with Gasteiger partial charge in [-0.25, -0.2) is 0 Å². The zero-order valence-corrected chi connectivity index (χ0v) is 12.2. The Morgan fingerprint density at radius 1 is 1.21 bits per heavy atom. The third-order valence-corrected chi connectivity index (χ3v) is 3.14. The van der Waals surface area contributed by atoms with Crippen molar-refractivity contribution >= 4 is 11.6 Å². The van der Waals surface area contributed by atoms with E-state index in [1.54, 1.807) is 0 Å². The lowest BCUT2D eigenvalue weighted by Crippen LogP contribution is -2.31. The van der Waals surface area contributed by atoms with Gasteiger partial charge in [0.05, 0.1) is 0 Å². The van der Waals surface area contributed by atoms with Crippen LogP contribution in [0.1, 0.15) is 26.3 Å². The van der Waals surface area contributed by atoms with Crippen LogP contribution in [0.3, 0.4) is 0 Å². The number of rotatable bonds is 8. The Morgan fingerprint density at radius 2 is 1.89 bits per heavy atom. The summed E-state index contributed by atoms with van der Waals surface area (Å²) in [5, 5.41) is 6.28. The van der Waals surface area contributed by atoms with Gasteiger partial charge in [-0.05, 0) is 24.7 Å². The maximum absolute atomic E-state index is 11.1. The van der Waals surface area contributed by atoms with E-state index in [1.165, 1.54) is 6.92 Å². The number of amides is 1. The molecule has 1 aromatic carbocycles. The van der Waals surface area contributed by atoms with Gasteiger partial charge in [0.1, 0.15) is 0 Å². The van der Waals surface area contributed by atoms with Crippen LogP contribution in [0.5, 0.6) is 0 Å². The fourth-order valence-corrected chi connectivity index (χ4v) is 1.99. The van der Waals surface area contributed by atoms with Gasteiger partial charge in [0, 0.05) is 32.2 Å². The standard InChI is InChI=1S/C15H25N3O/c1-4-18(5-2)11-10-16-12-14-8-6-7-9-15(14)17-13(3)19/h6-9,16H,4-5,10-12H2,1-3H3,(H,17,19). The molecule has 4 heteroatoms. The van der Waals surface area contributed by atoms with Gasteiger partial charge < -0.3 is 15.5 Å². The van der Waals surface area contributed by atoms with Crippen LogP contribution in [0, 0.1) is 0 Å². The Balaban J connectivity index is 2.42. The van der Waals surface area contributed by atoms with Crippen molar-refractivity contribution in [2.24, 2.45) is 0 Å². The summed E-state index contributed by atoms with van der Waals surface area (Å²) in [5.41, 5.74) is 2.02. The highest BCUT2D eigenvalue weighted by Crippen LogP contribution is 2.14. The van der Waals surface area contributed by atoms with Crippen molar-refractivity contribution in [3.8, 4) is 0 Å². The van der Waals surface area contributed by atoms with Crippen LogP contribution in [0.2, 0.25) is 0 Å². The summed E-state index contributed by atoms with van der Waals surface area (Å²) in [4.78, 5) is 13.5. The lowest BCUT2D eigenvalue weighted by molar-refractivity contribution is -0.114. The monoisotopic (exact) mass is 263 g/mol. The quantitative estimate of drug-likeness (QED) is 0.706. The predicted octanol–water partition coefficient (Wildman–Crippen LogP) is 2.08. The van der Waals surface area contributed by atoms with Crippen LogP contribution in [-0.2, 0) is 11.3 Å². The van der Waals surface area contributed by atoms with Gasteiger partial charge in [0.25, 0.3) is 0 Å². The molecule has 106 valence electrons. The molecule has 0 bridgehead atoms. The fourth-order valence-electron chi connectivity index (χ4n) is 1.99. The van der Waals surface area contributed by atoms with Crippen LogP contribution in [0.15, 0.2) is 24.3 Å². The number of benzene rings is 1. The van der Waals surface area contributed by atoms with Gasteiger partial charge in [-0.2, -0.15) is 0 Å². The highest BCUT2D eigenvalue weighted by atomic mass is 16.1. The number of anilines is 1. The van der Waals surface area contributed by atoms with Gasteiger partial charge in [0.2, 0.25) is 5.91 Å². The first-order valence-corrected chi connectivity index (χ1v) is 6.96. The molecule has 19 heavy (non-hydrogen) atoms. The van der Waals surface area contributed by atoms with Crippen LogP contribution in [0.4, 0.5) is 5.69 Å². The van der Waals surface area contributed by atoms with E-state index in [1.807, 2.05) is 24.3 Å². The molecule has 0 radical (unpaired) electrons. The molecule has 0 saturated carbocycles. The number of likely N-dealkylation sites (N-methyl/N-ethyl adjacent to an activating group) is 1. The second-order valence-corrected chi connectivity index (χ2v) is 4.54. The maximum atomic E-state index is 11.1. The van der Waals surface area contributed by atoms with E-state index in [2.05, 4.69) is 29.4 Å². The molecule has 0 unspecified atom stereocenters. The molecule has 0 aromatic heterocycles. The summed E-state index contributed by atoms with van der Waals surface area (Å²) < 4.78 is 0. The third-order valence-electron chi connectivity index (χ3n) is 3.14. The Morgan fingerprint density at radius 3 is 2.53 bits per heavy atom. The van der Waals surface area contributed by atoms with E-state index in [4.69, 9.17) is 0 Å². The molecule has 1 aromatic rings. The highest BCUT2D eigenvalue weighted by Gasteiger charge is 2.03. The average molecular weight is 263 g/mol. The topological polar surface area (TPSA) is 44.4 Å². The molecule has 1 rings (SSSR count). The number of nitrogens with zero attached hydrogens (tertiary/aromatic N) is 1. The summed E-state index contributed by atoms with van der Waals surface area (Å²) in [5.74, 6) is -0.0319. The van der Waals surface area contributed by atoms with Crippen LogP contribution in [-0.4, -0.2) is 37.0 Å². The molecule has 0 heterocycles. The van der Waals surface area contributed by atoms with Crippen molar-refractivity contribution in [1.82, 2.24) is 10.2 Å². The smallest absolute Gasteiger partial charge is 0.221 e. The molecule has 0 aliphatic rings. The molecule has 1 amide bonds. The second kappa shape index (κ2) is 8.67. The molecule has 0 atom stereocenters. The SMILES string of the molecule is CCN(CC)CCNCc1ccccc1NC(C)=O. The molecule has 0 spiro atoms. The van der Waals surface area contributed by atoms with Crippen molar-refractivity contribution < 1.29 is 4.79 Å². The number of carbonyl (C=O) groups is 1. The second-order valence-electron chi connectivity index (χ2n) is 4.54. The minimum Gasteiger partial charge on any atom is -0.326 e. The molecule has 0 fully saturated rings. The van der Waals surface area contributed by atoms with Crippen molar-refractivity contribution in [2.75, 3.05) is 31.5 Å². The minimum atomic E-state index is -0.0319. The molecule has 4 nitrogen and oxygen atoms in total. The Kier molecular flexibility index (Phi) is 7.15. The average Bonchev–Trinajstić information content (AvgIpc) is 2.40. The van der Waals surface area contributed by atoms with E-state index in [9.17, 15) is 4.79 Å². The van der Waals surface area contributed by atoms with E-state index in [-0.39, 0.29) is 5.91 Å². The number of para-hydroxylation sites is 1. The number of hydrogen-bond donors (Lipinski definition) is 2. The van der Waals surface area contributed by atoms with E-state index < -0.39 is 0 Å². The lowest BCUT2D eigenvalue weighted by Gasteiger charge is -2.18. The minimum absolute atomic E-state index is 0.0319. The van der Waals surface area contributed by atoms with Crippen molar-refractivity contribution in [3.63, 3.8) is 0 Å². The molecule has 0 aliphatic carbocycles. The number of nitrogens with one attached hydrogen (secondary N) is 2. The van der Waals surface area contributed by atoms with Crippen LogP contribution < -0.4 is 10.6 Å². The van der Waals surface area contributed by atoms with E-state index in [0.717, 1.165) is 44.0 Å². The molecule has 0 saturated heterocycles. The summed E-state index contributed by atoms with van der Waals surface area (Å²) in [6, 6.07) is 7.90. The Bertz CT molecular complexity index is 389. The first kappa shape index (κ1) is 15.7. The van der Waals surface area contributed by atoms with Crippen molar-refractivity contribution in [3.05, 3.63) is 29.8 Å². The first-order valence-electron chi connectivity index (χ1n) is 6.96. The summed E-state index contributed by atoms with van der Waals surface area (Å²) >= 11 is 0. The first-order chi connectivity index (χ1) is 9.17. The van der Waals surface area contributed by atoms with Crippen LogP contribution in [0.25, 0.3) is 0 Å². The van der Waals surface area contributed by atoms with Gasteiger partial charge in [0.15, 0.2) is 0 Å². The van der Waals surface area contributed by atoms with E-state index >= 15 is 0 Å². The van der Waals surface area contributed by atoms with Gasteiger partial charge in [-0.15, -0.1) is 0 Å². The summed E-state index contributed by atoms with van der Waals surface area (Å²) in [6.45, 7) is 10.8. The predicted molar refractivity (Wildman–Crippen MR) is 80.2 cm³/mol. The zero-order valence-electron chi connectivity index (χ0n) is 12.2. The van der Waals surface area contributed by atoms with Gasteiger partial charge in [-0.3, -0.25) is 4.79 Å².